The molecule has 8 heteroatoms. The van der Waals surface area contributed by atoms with Crippen LogP contribution in [0.3, 0.4) is 0 Å². The lowest BCUT2D eigenvalue weighted by Gasteiger charge is -2.29. The maximum atomic E-state index is 12.2. The second kappa shape index (κ2) is 5.53. The van der Waals surface area contributed by atoms with Gasteiger partial charge in [0.1, 0.15) is 0 Å². The summed E-state index contributed by atoms with van der Waals surface area (Å²) in [5.74, 6) is 4.53. The second-order valence-electron chi connectivity index (χ2n) is 6.09. The molecule has 7 nitrogen and oxygen atoms in total. The topological polar surface area (TPSA) is 119 Å². The first-order chi connectivity index (χ1) is 8.56. The van der Waals surface area contributed by atoms with Crippen LogP contribution in [0.1, 0.15) is 40.0 Å². The van der Waals surface area contributed by atoms with E-state index in [-0.39, 0.29) is 24.2 Å². The van der Waals surface area contributed by atoms with Gasteiger partial charge in [0.2, 0.25) is 0 Å². The van der Waals surface area contributed by atoms with Crippen molar-refractivity contribution in [3.63, 3.8) is 0 Å². The van der Waals surface area contributed by atoms with Crippen LogP contribution >= 0.6 is 7.95 Å². The number of nitrogens with zero attached hydrogens (tertiary/aromatic N) is 1. The molecule has 1 fully saturated rings. The van der Waals surface area contributed by atoms with Crippen LogP contribution in [-0.2, 0) is 14.2 Å². The first-order valence-electron chi connectivity index (χ1n) is 6.19. The first-order valence-corrected chi connectivity index (χ1v) is 7.44. The van der Waals surface area contributed by atoms with Gasteiger partial charge < -0.3 is 0 Å². The number of hydrogen-bond acceptors (Lipinski definition) is 5. The molecule has 1 aliphatic rings. The number of hydrazine groups is 1. The van der Waals surface area contributed by atoms with Crippen LogP contribution in [0.4, 0.5) is 0 Å². The molecule has 19 heavy (non-hydrogen) atoms. The van der Waals surface area contributed by atoms with E-state index in [0.29, 0.717) is 13.0 Å². The Morgan fingerprint density at radius 3 is 2.63 bits per heavy atom. The lowest BCUT2D eigenvalue weighted by atomic mass is 9.92. The molecule has 0 radical (unpaired) electrons. The van der Waals surface area contributed by atoms with Crippen molar-refractivity contribution in [1.82, 2.24) is 10.1 Å². The maximum absolute atomic E-state index is 12.2. The SMILES string of the molecule is CC(C)(C)CC(=O)N[P+](=O)[C@@]1(N)CCCN(N)C1=O. The highest BCUT2D eigenvalue weighted by molar-refractivity contribution is 7.46. The Hall–Kier alpha value is -1.04. The fourth-order valence-corrected chi connectivity index (χ4v) is 3.07. The van der Waals surface area contributed by atoms with Crippen molar-refractivity contribution in [1.29, 1.82) is 0 Å². The highest BCUT2D eigenvalue weighted by atomic mass is 31.1. The minimum Gasteiger partial charge on any atom is -0.275 e. The summed E-state index contributed by atoms with van der Waals surface area (Å²) < 4.78 is 12.2. The molecule has 1 aliphatic heterocycles. The largest absolute Gasteiger partial charge is 0.494 e. The lowest BCUT2D eigenvalue weighted by molar-refractivity contribution is -0.136. The molecule has 2 amide bonds. The van der Waals surface area contributed by atoms with Crippen molar-refractivity contribution in [2.24, 2.45) is 17.0 Å². The van der Waals surface area contributed by atoms with E-state index in [1.54, 1.807) is 0 Å². The van der Waals surface area contributed by atoms with E-state index in [0.717, 1.165) is 5.01 Å². The number of amides is 2. The summed E-state index contributed by atoms with van der Waals surface area (Å²) in [6.07, 6.45) is 1.03. The molecule has 0 aliphatic carbocycles. The number of nitrogens with one attached hydrogen (secondary N) is 1. The molecule has 0 bridgehead atoms. The fraction of sp³-hybridized carbons (Fsp3) is 0.818. The van der Waals surface area contributed by atoms with Crippen molar-refractivity contribution in [3.05, 3.63) is 0 Å². The molecule has 0 spiro atoms. The van der Waals surface area contributed by atoms with Gasteiger partial charge in [-0.3, -0.25) is 20.3 Å². The predicted octanol–water partition coefficient (Wildman–Crippen LogP) is 0.432. The molecule has 0 aromatic heterocycles. The number of rotatable bonds is 3. The van der Waals surface area contributed by atoms with Crippen LogP contribution in [0, 0.1) is 5.41 Å². The highest BCUT2D eigenvalue weighted by Gasteiger charge is 2.57. The minimum absolute atomic E-state index is 0.213. The Kier molecular flexibility index (Phi) is 4.66. The standard InChI is InChI=1S/C11H21N4O3P/c1-10(2,3)7-8(16)14-19(18)11(12)5-4-6-15(13)9(11)17/h4-7,12-13H2,1-3H3/p+1/t11-/m0/s1. The minimum atomic E-state index is -2.38. The van der Waals surface area contributed by atoms with Crippen LogP contribution in [-0.4, -0.2) is 28.6 Å². The van der Waals surface area contributed by atoms with Crippen LogP contribution in [0.2, 0.25) is 0 Å². The molecule has 0 saturated carbocycles. The van der Waals surface area contributed by atoms with Gasteiger partial charge in [0.05, 0.1) is 0 Å². The number of carbonyl (C=O) groups is 2. The summed E-state index contributed by atoms with van der Waals surface area (Å²) in [6, 6.07) is 0. The Balaban J connectivity index is 2.72. The van der Waals surface area contributed by atoms with Gasteiger partial charge in [0.25, 0.3) is 5.91 Å². The first kappa shape index (κ1) is 16.0. The van der Waals surface area contributed by atoms with Gasteiger partial charge in [-0.05, 0) is 16.4 Å². The zero-order valence-electron chi connectivity index (χ0n) is 11.6. The molecular formula is C11H22N4O3P+. The molecular weight excluding hydrogens is 267 g/mol. The maximum Gasteiger partial charge on any atom is 0.494 e. The predicted molar refractivity (Wildman–Crippen MR) is 71.9 cm³/mol. The Labute approximate surface area is 113 Å². The van der Waals surface area contributed by atoms with Crippen LogP contribution in [0.25, 0.3) is 0 Å². The average molecular weight is 289 g/mol. The Bertz CT molecular complexity index is 407. The van der Waals surface area contributed by atoms with Gasteiger partial charge in [0.15, 0.2) is 0 Å². The van der Waals surface area contributed by atoms with E-state index in [2.05, 4.69) is 5.09 Å². The van der Waals surface area contributed by atoms with E-state index in [4.69, 9.17) is 11.6 Å². The van der Waals surface area contributed by atoms with E-state index < -0.39 is 19.1 Å². The molecule has 0 aromatic carbocycles. The third-order valence-electron chi connectivity index (χ3n) is 2.87. The van der Waals surface area contributed by atoms with Gasteiger partial charge in [-0.15, -0.1) is 5.09 Å². The number of hydrogen-bond donors (Lipinski definition) is 3. The van der Waals surface area contributed by atoms with Gasteiger partial charge in [-0.1, -0.05) is 20.8 Å². The van der Waals surface area contributed by atoms with E-state index >= 15 is 0 Å². The molecule has 108 valence electrons. The summed E-state index contributed by atoms with van der Waals surface area (Å²) in [7, 11) is -2.38. The molecule has 0 aromatic rings. The van der Waals surface area contributed by atoms with E-state index in [1.165, 1.54) is 0 Å². The van der Waals surface area contributed by atoms with Gasteiger partial charge >= 0.3 is 19.1 Å². The summed E-state index contributed by atoms with van der Waals surface area (Å²) >= 11 is 0. The van der Waals surface area contributed by atoms with Crippen molar-refractivity contribution in [2.45, 2.75) is 45.3 Å². The van der Waals surface area contributed by atoms with Crippen molar-refractivity contribution in [2.75, 3.05) is 6.54 Å². The molecule has 5 N–H and O–H groups in total. The van der Waals surface area contributed by atoms with E-state index in [9.17, 15) is 14.2 Å². The van der Waals surface area contributed by atoms with Crippen LogP contribution in [0.15, 0.2) is 0 Å². The van der Waals surface area contributed by atoms with E-state index in [1.807, 2.05) is 20.8 Å². The summed E-state index contributed by atoms with van der Waals surface area (Å²) in [5, 5.41) is 1.72. The average Bonchev–Trinajstić information content (AvgIpc) is 2.22. The van der Waals surface area contributed by atoms with Gasteiger partial charge in [-0.25, -0.2) is 5.84 Å². The number of carbonyl (C=O) groups excluding carboxylic acids is 2. The number of nitrogens with two attached hydrogens (primary N) is 2. The fourth-order valence-electron chi connectivity index (χ4n) is 1.90. The number of piperidine rings is 1. The smallest absolute Gasteiger partial charge is 0.275 e. The summed E-state index contributed by atoms with van der Waals surface area (Å²) in [6.45, 7) is 6.07. The molecule has 1 rings (SSSR count). The van der Waals surface area contributed by atoms with Crippen molar-refractivity contribution < 1.29 is 14.2 Å². The summed E-state index contributed by atoms with van der Waals surface area (Å²) in [4.78, 5) is 23.6. The highest BCUT2D eigenvalue weighted by Crippen LogP contribution is 2.38. The Morgan fingerprint density at radius 1 is 1.53 bits per heavy atom. The second-order valence-corrected chi connectivity index (χ2v) is 7.70. The quantitative estimate of drug-likeness (QED) is 0.395. The normalized spacial score (nSPS) is 25.2. The van der Waals surface area contributed by atoms with Gasteiger partial charge in [-0.2, -0.15) is 0 Å². The van der Waals surface area contributed by atoms with Gasteiger partial charge in [0, 0.05) is 19.4 Å². The third-order valence-corrected chi connectivity index (χ3v) is 4.46. The molecule has 2 atom stereocenters. The van der Waals surface area contributed by atoms with Crippen molar-refractivity contribution in [3.8, 4) is 0 Å². The third kappa shape index (κ3) is 3.96. The summed E-state index contributed by atoms with van der Waals surface area (Å²) in [5.41, 5.74) is 5.66. The van der Waals surface area contributed by atoms with Crippen LogP contribution in [0.5, 0.6) is 0 Å². The molecule has 1 heterocycles. The lowest BCUT2D eigenvalue weighted by Crippen LogP contribution is -2.60. The zero-order chi connectivity index (χ0) is 14.8. The Morgan fingerprint density at radius 2 is 2.11 bits per heavy atom. The molecule has 1 unspecified atom stereocenters. The van der Waals surface area contributed by atoms with Crippen LogP contribution < -0.4 is 16.7 Å². The van der Waals surface area contributed by atoms with Crippen molar-refractivity contribution >= 4 is 19.8 Å². The molecule has 1 saturated heterocycles. The monoisotopic (exact) mass is 289 g/mol. The zero-order valence-corrected chi connectivity index (χ0v) is 12.5.